The lowest BCUT2D eigenvalue weighted by Crippen LogP contribution is -2.24. The van der Waals surface area contributed by atoms with Crippen LogP contribution < -0.4 is 5.32 Å². The number of hydrogen-bond donors (Lipinski definition) is 2. The second-order valence-electron chi connectivity index (χ2n) is 6.12. The zero-order chi connectivity index (χ0) is 18.3. The predicted octanol–water partition coefficient (Wildman–Crippen LogP) is 5.26. The fourth-order valence-corrected chi connectivity index (χ4v) is 3.36. The molecule has 0 unspecified atom stereocenters. The Bertz CT molecular complexity index is 1150. The number of aromatic amines is 1. The largest absolute Gasteiger partial charge is 0.353 e. The van der Waals surface area contributed by atoms with Crippen LogP contribution in [0.1, 0.15) is 21.7 Å². The Morgan fingerprint density at radius 3 is 2.69 bits per heavy atom. The molecule has 4 nitrogen and oxygen atoms in total. The van der Waals surface area contributed by atoms with Crippen molar-refractivity contribution in [3.63, 3.8) is 0 Å². The van der Waals surface area contributed by atoms with E-state index in [2.05, 4.69) is 15.3 Å². The van der Waals surface area contributed by atoms with Crippen molar-refractivity contribution in [2.75, 3.05) is 0 Å². The quantitative estimate of drug-likeness (QED) is 0.506. The number of amides is 1. The molecule has 0 saturated heterocycles. The monoisotopic (exact) mass is 383 g/mol. The Labute approximate surface area is 160 Å². The molecule has 4 rings (SSSR count). The van der Waals surface area contributed by atoms with Crippen molar-refractivity contribution in [2.45, 2.75) is 13.5 Å². The molecule has 4 aromatic rings. The average Bonchev–Trinajstić information content (AvgIpc) is 3.02. The maximum atomic E-state index is 12.6. The van der Waals surface area contributed by atoms with E-state index >= 15 is 0 Å². The second kappa shape index (κ2) is 6.63. The number of aromatic nitrogens is 2. The molecule has 0 aliphatic carbocycles. The molecule has 0 bridgehead atoms. The molecule has 0 saturated carbocycles. The minimum atomic E-state index is -0.230. The predicted molar refractivity (Wildman–Crippen MR) is 106 cm³/mol. The summed E-state index contributed by atoms with van der Waals surface area (Å²) in [5.74, 6) is -0.230. The number of hydrogen-bond acceptors (Lipinski definition) is 2. The van der Waals surface area contributed by atoms with Gasteiger partial charge < -0.3 is 10.3 Å². The summed E-state index contributed by atoms with van der Waals surface area (Å²) in [5, 5.41) is 5.90. The maximum absolute atomic E-state index is 12.6. The summed E-state index contributed by atoms with van der Waals surface area (Å²) < 4.78 is 0. The van der Waals surface area contributed by atoms with Crippen LogP contribution in [0.15, 0.2) is 48.5 Å². The zero-order valence-electron chi connectivity index (χ0n) is 13.9. The van der Waals surface area contributed by atoms with Gasteiger partial charge in [-0.05, 0) is 36.8 Å². The van der Waals surface area contributed by atoms with Gasteiger partial charge in [0.05, 0.1) is 21.3 Å². The molecule has 1 amide bonds. The maximum Gasteiger partial charge on any atom is 0.270 e. The van der Waals surface area contributed by atoms with Crippen LogP contribution in [0.25, 0.3) is 21.8 Å². The summed E-state index contributed by atoms with van der Waals surface area (Å²) in [6, 6.07) is 15.1. The van der Waals surface area contributed by atoms with E-state index in [0.717, 1.165) is 33.1 Å². The van der Waals surface area contributed by atoms with E-state index in [1.165, 1.54) is 0 Å². The molecule has 2 aromatic carbocycles. The van der Waals surface area contributed by atoms with Gasteiger partial charge in [0.15, 0.2) is 0 Å². The fraction of sp³-hybridized carbons (Fsp3) is 0.100. The van der Waals surface area contributed by atoms with Crippen LogP contribution in [-0.4, -0.2) is 15.9 Å². The lowest BCUT2D eigenvalue weighted by molar-refractivity contribution is 0.0946. The zero-order valence-corrected chi connectivity index (χ0v) is 15.4. The fourth-order valence-electron chi connectivity index (χ4n) is 3.04. The molecular weight excluding hydrogens is 369 g/mol. The first-order chi connectivity index (χ1) is 12.5. The summed E-state index contributed by atoms with van der Waals surface area (Å²) in [6.45, 7) is 2.25. The topological polar surface area (TPSA) is 57.8 Å². The highest BCUT2D eigenvalue weighted by Crippen LogP contribution is 2.27. The Kier molecular flexibility index (Phi) is 4.31. The number of rotatable bonds is 3. The molecule has 2 aromatic heterocycles. The van der Waals surface area contributed by atoms with Crippen molar-refractivity contribution in [1.29, 1.82) is 0 Å². The number of pyridine rings is 1. The van der Waals surface area contributed by atoms with E-state index in [0.29, 0.717) is 22.3 Å². The van der Waals surface area contributed by atoms with Crippen LogP contribution in [0.5, 0.6) is 0 Å². The highest BCUT2D eigenvalue weighted by molar-refractivity contribution is 6.42. The number of H-pyrrole nitrogens is 1. The lowest BCUT2D eigenvalue weighted by atomic mass is 10.1. The van der Waals surface area contributed by atoms with Gasteiger partial charge in [-0.15, -0.1) is 0 Å². The number of carbonyl (C=O) groups is 1. The van der Waals surface area contributed by atoms with Crippen molar-refractivity contribution >= 4 is 50.9 Å². The number of benzene rings is 2. The summed E-state index contributed by atoms with van der Waals surface area (Å²) in [5.41, 5.74) is 4.03. The van der Waals surface area contributed by atoms with Crippen LogP contribution in [-0.2, 0) is 6.54 Å². The van der Waals surface area contributed by atoms with Gasteiger partial charge >= 0.3 is 0 Å². The van der Waals surface area contributed by atoms with E-state index < -0.39 is 0 Å². The van der Waals surface area contributed by atoms with Gasteiger partial charge in [0.2, 0.25) is 0 Å². The van der Waals surface area contributed by atoms with Crippen molar-refractivity contribution in [3.8, 4) is 0 Å². The Balaban J connectivity index is 1.64. The Morgan fingerprint density at radius 2 is 1.88 bits per heavy atom. The third kappa shape index (κ3) is 3.02. The number of carbonyl (C=O) groups excluding carboxylic acids is 1. The molecule has 0 atom stereocenters. The summed E-state index contributed by atoms with van der Waals surface area (Å²) in [6.07, 6.45) is 0. The molecule has 6 heteroatoms. The van der Waals surface area contributed by atoms with Crippen LogP contribution >= 0.6 is 23.2 Å². The first kappa shape index (κ1) is 16.9. The molecule has 0 spiro atoms. The van der Waals surface area contributed by atoms with Gasteiger partial charge in [-0.25, -0.2) is 4.98 Å². The van der Waals surface area contributed by atoms with E-state index in [1.807, 2.05) is 43.3 Å². The van der Waals surface area contributed by atoms with Crippen molar-refractivity contribution in [3.05, 3.63) is 75.5 Å². The average molecular weight is 384 g/mol. The SMILES string of the molecule is Cc1nc(C(=O)NCc2ccc(Cl)c(Cl)c2)cc2c1[nH]c1ccccc12. The third-order valence-corrected chi connectivity index (χ3v) is 5.09. The summed E-state index contributed by atoms with van der Waals surface area (Å²) in [4.78, 5) is 20.4. The molecule has 0 radical (unpaired) electrons. The van der Waals surface area contributed by atoms with Gasteiger partial charge in [0.1, 0.15) is 5.69 Å². The standard InChI is InChI=1S/C20H15Cl2N3O/c1-11-19-14(13-4-2-3-5-17(13)25-19)9-18(24-11)20(26)23-10-12-6-7-15(21)16(22)8-12/h2-9,25H,10H2,1H3,(H,23,26). The van der Waals surface area contributed by atoms with E-state index in [-0.39, 0.29) is 5.91 Å². The first-order valence-electron chi connectivity index (χ1n) is 8.13. The van der Waals surface area contributed by atoms with E-state index in [1.54, 1.807) is 12.1 Å². The molecule has 2 N–H and O–H groups in total. The number of nitrogens with zero attached hydrogens (tertiary/aromatic N) is 1. The van der Waals surface area contributed by atoms with Crippen LogP contribution in [0.3, 0.4) is 0 Å². The van der Waals surface area contributed by atoms with Gasteiger partial charge in [-0.2, -0.15) is 0 Å². The summed E-state index contributed by atoms with van der Waals surface area (Å²) >= 11 is 11.9. The molecule has 2 heterocycles. The molecule has 26 heavy (non-hydrogen) atoms. The highest BCUT2D eigenvalue weighted by Gasteiger charge is 2.14. The molecule has 0 aliphatic rings. The molecule has 130 valence electrons. The van der Waals surface area contributed by atoms with Crippen molar-refractivity contribution in [2.24, 2.45) is 0 Å². The van der Waals surface area contributed by atoms with Gasteiger partial charge in [-0.1, -0.05) is 47.5 Å². The lowest BCUT2D eigenvalue weighted by Gasteiger charge is -2.07. The number of para-hydroxylation sites is 1. The van der Waals surface area contributed by atoms with Crippen LogP contribution in [0.4, 0.5) is 0 Å². The first-order valence-corrected chi connectivity index (χ1v) is 8.89. The van der Waals surface area contributed by atoms with Gasteiger partial charge in [0, 0.05) is 22.8 Å². The van der Waals surface area contributed by atoms with Gasteiger partial charge in [-0.3, -0.25) is 4.79 Å². The molecule has 0 fully saturated rings. The van der Waals surface area contributed by atoms with Crippen molar-refractivity contribution in [1.82, 2.24) is 15.3 Å². The number of halogens is 2. The summed E-state index contributed by atoms with van der Waals surface area (Å²) in [7, 11) is 0. The number of fused-ring (bicyclic) bond motifs is 3. The van der Waals surface area contributed by atoms with Crippen LogP contribution in [0, 0.1) is 6.92 Å². The Morgan fingerprint density at radius 1 is 1.08 bits per heavy atom. The third-order valence-electron chi connectivity index (χ3n) is 4.35. The minimum absolute atomic E-state index is 0.230. The number of nitrogens with one attached hydrogen (secondary N) is 2. The van der Waals surface area contributed by atoms with Gasteiger partial charge in [0.25, 0.3) is 5.91 Å². The second-order valence-corrected chi connectivity index (χ2v) is 6.93. The molecule has 0 aliphatic heterocycles. The minimum Gasteiger partial charge on any atom is -0.353 e. The smallest absolute Gasteiger partial charge is 0.270 e. The van der Waals surface area contributed by atoms with E-state index in [4.69, 9.17) is 23.2 Å². The normalized spacial score (nSPS) is 11.2. The van der Waals surface area contributed by atoms with E-state index in [9.17, 15) is 4.79 Å². The number of aryl methyl sites for hydroxylation is 1. The highest BCUT2D eigenvalue weighted by atomic mass is 35.5. The molecular formula is C20H15Cl2N3O. The Hall–Kier alpha value is -2.56. The van der Waals surface area contributed by atoms with Crippen LogP contribution in [0.2, 0.25) is 10.0 Å². The van der Waals surface area contributed by atoms with Crippen molar-refractivity contribution < 1.29 is 4.79 Å².